The number of alkyl halides is 1. The van der Waals surface area contributed by atoms with E-state index in [4.69, 9.17) is 9.47 Å². The third-order valence-electron chi connectivity index (χ3n) is 0.979. The molecule has 0 aromatic rings. The van der Waals surface area contributed by atoms with Crippen molar-refractivity contribution in [1.29, 1.82) is 0 Å². The van der Waals surface area contributed by atoms with Gasteiger partial charge < -0.3 is 9.47 Å². The first kappa shape index (κ1) is 18.8. The molecule has 0 aliphatic rings. The van der Waals surface area contributed by atoms with E-state index in [1.54, 1.807) is 0 Å². The predicted molar refractivity (Wildman–Crippen MR) is 71.2 cm³/mol. The maximum Gasteiger partial charge on any atom is 0.317 e. The van der Waals surface area contributed by atoms with Crippen molar-refractivity contribution in [2.45, 2.75) is 59.7 Å². The van der Waals surface area contributed by atoms with Crippen molar-refractivity contribution < 1.29 is 19.1 Å². The lowest BCUT2D eigenvalue weighted by molar-refractivity contribution is -0.152. The Morgan fingerprint density at radius 1 is 0.941 bits per heavy atom. The quantitative estimate of drug-likeness (QED) is 0.551. The first-order valence-corrected chi connectivity index (χ1v) is 6.47. The van der Waals surface area contributed by atoms with Crippen LogP contribution in [0.15, 0.2) is 0 Å². The number of esters is 2. The van der Waals surface area contributed by atoms with Gasteiger partial charge in [0.15, 0.2) is 0 Å². The second-order valence-electron chi connectivity index (χ2n) is 5.43. The standard InChI is InChI=1S/C6H11BrO2.C6H12O2/c1-6(2,3)9-5(8)4-7;1-5(7)8-6(2,3)4/h4H2,1-3H3;1-4H3. The summed E-state index contributed by atoms with van der Waals surface area (Å²) in [6.07, 6.45) is 0. The lowest BCUT2D eigenvalue weighted by Gasteiger charge is -2.18. The van der Waals surface area contributed by atoms with Crippen LogP contribution in [-0.2, 0) is 19.1 Å². The summed E-state index contributed by atoms with van der Waals surface area (Å²) in [4.78, 5) is 20.8. The van der Waals surface area contributed by atoms with Crippen LogP contribution in [0.5, 0.6) is 0 Å². The summed E-state index contributed by atoms with van der Waals surface area (Å²) in [6, 6.07) is 0. The van der Waals surface area contributed by atoms with Gasteiger partial charge in [0.1, 0.15) is 16.5 Å². The molecule has 0 unspecified atom stereocenters. The Morgan fingerprint density at radius 2 is 1.29 bits per heavy atom. The molecule has 0 aliphatic carbocycles. The van der Waals surface area contributed by atoms with Crippen molar-refractivity contribution in [2.24, 2.45) is 0 Å². The fraction of sp³-hybridized carbons (Fsp3) is 0.833. The Hall–Kier alpha value is -0.580. The van der Waals surface area contributed by atoms with Crippen LogP contribution in [0.25, 0.3) is 0 Å². The zero-order chi connectivity index (χ0) is 14.3. The van der Waals surface area contributed by atoms with Crippen LogP contribution in [0.4, 0.5) is 0 Å². The third kappa shape index (κ3) is 21.3. The van der Waals surface area contributed by atoms with Gasteiger partial charge in [-0.3, -0.25) is 9.59 Å². The minimum absolute atomic E-state index is 0.220. The molecule has 0 aromatic heterocycles. The molecule has 0 saturated heterocycles. The highest BCUT2D eigenvalue weighted by molar-refractivity contribution is 9.09. The van der Waals surface area contributed by atoms with Gasteiger partial charge in [-0.15, -0.1) is 0 Å². The van der Waals surface area contributed by atoms with Crippen LogP contribution in [-0.4, -0.2) is 28.5 Å². The number of carbonyl (C=O) groups excluding carboxylic acids is 2. The van der Waals surface area contributed by atoms with E-state index in [0.717, 1.165) is 0 Å². The lowest BCUT2D eigenvalue weighted by atomic mass is 10.2. The van der Waals surface area contributed by atoms with E-state index in [1.807, 2.05) is 41.5 Å². The third-order valence-corrected chi connectivity index (χ3v) is 1.44. The van der Waals surface area contributed by atoms with Crippen LogP contribution >= 0.6 is 15.9 Å². The first-order chi connectivity index (χ1) is 7.37. The van der Waals surface area contributed by atoms with E-state index in [0.29, 0.717) is 0 Å². The van der Waals surface area contributed by atoms with E-state index in [1.165, 1.54) is 6.92 Å². The van der Waals surface area contributed by atoms with Crippen LogP contribution < -0.4 is 0 Å². The molecule has 0 rings (SSSR count). The average molecular weight is 311 g/mol. The molecule has 17 heavy (non-hydrogen) atoms. The Bertz CT molecular complexity index is 248. The van der Waals surface area contributed by atoms with Gasteiger partial charge in [0, 0.05) is 6.92 Å². The molecule has 0 atom stereocenters. The van der Waals surface area contributed by atoms with E-state index < -0.39 is 0 Å². The summed E-state index contributed by atoms with van der Waals surface area (Å²) in [5.41, 5.74) is -0.684. The predicted octanol–water partition coefficient (Wildman–Crippen LogP) is 3.07. The molecule has 5 heteroatoms. The molecule has 0 saturated carbocycles. The summed E-state index contributed by atoms with van der Waals surface area (Å²) in [6.45, 7) is 12.5. The Kier molecular flexibility index (Phi) is 8.49. The molecule has 0 aromatic carbocycles. The van der Waals surface area contributed by atoms with Crippen molar-refractivity contribution in [2.75, 3.05) is 5.33 Å². The Balaban J connectivity index is 0. The fourth-order valence-electron chi connectivity index (χ4n) is 0.800. The molecule has 4 nitrogen and oxygen atoms in total. The zero-order valence-electron chi connectivity index (χ0n) is 11.7. The van der Waals surface area contributed by atoms with E-state index >= 15 is 0 Å². The second kappa shape index (κ2) is 7.69. The molecular formula is C12H23BrO4. The molecule has 0 spiro atoms. The van der Waals surface area contributed by atoms with Crippen LogP contribution in [0.1, 0.15) is 48.5 Å². The number of rotatable bonds is 1. The fourth-order valence-corrected chi connectivity index (χ4v) is 0.914. The number of ether oxygens (including phenoxy) is 2. The van der Waals surface area contributed by atoms with E-state index in [9.17, 15) is 9.59 Å². The minimum Gasteiger partial charge on any atom is -0.460 e. The van der Waals surface area contributed by atoms with Gasteiger partial charge in [-0.05, 0) is 41.5 Å². The summed E-state index contributed by atoms with van der Waals surface area (Å²) in [5.74, 6) is -0.444. The molecule has 102 valence electrons. The Labute approximate surface area is 112 Å². The molecule has 0 aliphatic heterocycles. The molecule has 0 bridgehead atoms. The Morgan fingerprint density at radius 3 is 1.35 bits per heavy atom. The average Bonchev–Trinajstić information content (AvgIpc) is 1.96. The van der Waals surface area contributed by atoms with Crippen molar-refractivity contribution in [3.8, 4) is 0 Å². The maximum absolute atomic E-state index is 10.6. The van der Waals surface area contributed by atoms with Gasteiger partial charge in [-0.1, -0.05) is 15.9 Å². The van der Waals surface area contributed by atoms with Crippen molar-refractivity contribution in [3.05, 3.63) is 0 Å². The molecular weight excluding hydrogens is 288 g/mol. The van der Waals surface area contributed by atoms with Crippen molar-refractivity contribution >= 4 is 27.9 Å². The molecule has 0 fully saturated rings. The van der Waals surface area contributed by atoms with Gasteiger partial charge in [-0.2, -0.15) is 0 Å². The number of halogens is 1. The second-order valence-corrected chi connectivity index (χ2v) is 5.99. The van der Waals surface area contributed by atoms with Crippen molar-refractivity contribution in [1.82, 2.24) is 0 Å². The monoisotopic (exact) mass is 310 g/mol. The minimum atomic E-state index is -0.356. The van der Waals surface area contributed by atoms with Gasteiger partial charge in [0.05, 0.1) is 0 Å². The number of carbonyl (C=O) groups is 2. The molecule has 0 amide bonds. The topological polar surface area (TPSA) is 52.6 Å². The van der Waals surface area contributed by atoms with Gasteiger partial charge in [0.2, 0.25) is 0 Å². The largest absolute Gasteiger partial charge is 0.460 e. The summed E-state index contributed by atoms with van der Waals surface area (Å²) in [5, 5.41) is 0.268. The summed E-state index contributed by atoms with van der Waals surface area (Å²) < 4.78 is 9.70. The zero-order valence-corrected chi connectivity index (χ0v) is 13.3. The SMILES string of the molecule is CC(=O)OC(C)(C)C.CC(C)(C)OC(=O)CBr. The first-order valence-electron chi connectivity index (χ1n) is 5.35. The number of hydrogen-bond acceptors (Lipinski definition) is 4. The van der Waals surface area contributed by atoms with E-state index in [-0.39, 0.29) is 28.5 Å². The maximum atomic E-state index is 10.6. The highest BCUT2D eigenvalue weighted by Gasteiger charge is 2.14. The smallest absolute Gasteiger partial charge is 0.317 e. The molecule has 0 N–H and O–H groups in total. The van der Waals surface area contributed by atoms with Gasteiger partial charge in [0.25, 0.3) is 0 Å². The van der Waals surface area contributed by atoms with Gasteiger partial charge in [-0.25, -0.2) is 0 Å². The normalized spacial score (nSPS) is 11.1. The van der Waals surface area contributed by atoms with Crippen LogP contribution in [0.2, 0.25) is 0 Å². The van der Waals surface area contributed by atoms with Crippen LogP contribution in [0.3, 0.4) is 0 Å². The van der Waals surface area contributed by atoms with Crippen molar-refractivity contribution in [3.63, 3.8) is 0 Å². The molecule has 0 heterocycles. The number of hydrogen-bond donors (Lipinski definition) is 0. The van der Waals surface area contributed by atoms with E-state index in [2.05, 4.69) is 15.9 Å². The van der Waals surface area contributed by atoms with Crippen LogP contribution in [0, 0.1) is 0 Å². The van der Waals surface area contributed by atoms with Gasteiger partial charge >= 0.3 is 11.9 Å². The highest BCUT2D eigenvalue weighted by Crippen LogP contribution is 2.07. The molecule has 0 radical (unpaired) electrons. The highest BCUT2D eigenvalue weighted by atomic mass is 79.9. The summed E-state index contributed by atoms with van der Waals surface area (Å²) in [7, 11) is 0. The lowest BCUT2D eigenvalue weighted by Crippen LogP contribution is -2.24. The summed E-state index contributed by atoms with van der Waals surface area (Å²) >= 11 is 2.99.